The van der Waals surface area contributed by atoms with Crippen LogP contribution in [0.1, 0.15) is 36.5 Å². The maximum atomic E-state index is 12.1. The van der Waals surface area contributed by atoms with Crippen LogP contribution in [0.3, 0.4) is 0 Å². The molecule has 0 unspecified atom stereocenters. The minimum absolute atomic E-state index is 0.0230. The first-order valence-corrected chi connectivity index (χ1v) is 10.3. The fourth-order valence-corrected chi connectivity index (χ4v) is 3.14. The summed E-state index contributed by atoms with van der Waals surface area (Å²) in [7, 11) is 1.49. The highest BCUT2D eigenvalue weighted by molar-refractivity contribution is 5.89. The van der Waals surface area contributed by atoms with Crippen LogP contribution in [0.4, 0.5) is 0 Å². The third-order valence-corrected chi connectivity index (χ3v) is 4.81. The van der Waals surface area contributed by atoms with E-state index in [9.17, 15) is 15.0 Å². The molecule has 0 aliphatic heterocycles. The van der Waals surface area contributed by atoms with E-state index in [2.05, 4.69) is 5.32 Å². The minimum atomic E-state index is -0.515. The number of aliphatic hydroxyl groups excluding tert-OH is 1. The molecule has 0 bridgehead atoms. The molecule has 4 N–H and O–H groups in total. The van der Waals surface area contributed by atoms with Crippen LogP contribution in [0, 0.1) is 0 Å². The zero-order valence-electron chi connectivity index (χ0n) is 18.1. The fourth-order valence-electron chi connectivity index (χ4n) is 3.14. The van der Waals surface area contributed by atoms with Crippen molar-refractivity contribution in [1.29, 1.82) is 0 Å². The normalized spacial score (nSPS) is 11.1. The third kappa shape index (κ3) is 7.62. The summed E-state index contributed by atoms with van der Waals surface area (Å²) in [6.07, 6.45) is 5.67. The molecule has 0 saturated carbocycles. The van der Waals surface area contributed by atoms with Gasteiger partial charge in [0, 0.05) is 18.5 Å². The molecule has 0 atom stereocenters. The van der Waals surface area contributed by atoms with Crippen molar-refractivity contribution in [3.8, 4) is 23.0 Å². The Morgan fingerprint density at radius 2 is 1.87 bits per heavy atom. The van der Waals surface area contributed by atoms with Gasteiger partial charge < -0.3 is 30.1 Å². The van der Waals surface area contributed by atoms with E-state index < -0.39 is 6.79 Å². The zero-order valence-corrected chi connectivity index (χ0v) is 18.1. The Morgan fingerprint density at radius 3 is 2.58 bits per heavy atom. The number of phenols is 2. The van der Waals surface area contributed by atoms with Crippen LogP contribution in [0.5, 0.6) is 23.0 Å². The van der Waals surface area contributed by atoms with Crippen molar-refractivity contribution in [2.45, 2.75) is 39.2 Å². The van der Waals surface area contributed by atoms with Gasteiger partial charge in [0.1, 0.15) is 0 Å². The Hall–Kier alpha value is -3.03. The summed E-state index contributed by atoms with van der Waals surface area (Å²) in [5.74, 6) is 0.767. The average molecular weight is 430 g/mol. The first kappa shape index (κ1) is 24.2. The summed E-state index contributed by atoms with van der Waals surface area (Å²) in [5.41, 5.74) is 2.57. The van der Waals surface area contributed by atoms with E-state index in [1.807, 2.05) is 19.1 Å². The van der Waals surface area contributed by atoms with Crippen molar-refractivity contribution in [2.24, 2.45) is 0 Å². The Bertz CT molecular complexity index is 894. The third-order valence-electron chi connectivity index (χ3n) is 4.81. The van der Waals surface area contributed by atoms with Crippen molar-refractivity contribution in [1.82, 2.24) is 5.32 Å². The predicted molar refractivity (Wildman–Crippen MR) is 119 cm³/mol. The van der Waals surface area contributed by atoms with E-state index >= 15 is 0 Å². The molecule has 7 nitrogen and oxygen atoms in total. The quantitative estimate of drug-likeness (QED) is 0.286. The summed E-state index contributed by atoms with van der Waals surface area (Å²) in [6, 6.07) is 8.67. The van der Waals surface area contributed by atoms with Crippen molar-refractivity contribution >= 4 is 5.78 Å². The second-order valence-corrected chi connectivity index (χ2v) is 7.07. The van der Waals surface area contributed by atoms with Gasteiger partial charge in [-0.25, -0.2) is 0 Å². The van der Waals surface area contributed by atoms with Gasteiger partial charge in [0.2, 0.25) is 0 Å². The van der Waals surface area contributed by atoms with Crippen LogP contribution in [0.15, 0.2) is 42.5 Å². The van der Waals surface area contributed by atoms with E-state index in [0.717, 1.165) is 17.7 Å². The van der Waals surface area contributed by atoms with Crippen LogP contribution in [-0.2, 0) is 24.2 Å². The summed E-state index contributed by atoms with van der Waals surface area (Å²) in [6.45, 7) is 2.72. The number of carbonyl (C=O) groups excluding carboxylic acids is 1. The highest BCUT2D eigenvalue weighted by Gasteiger charge is 2.11. The number of rotatable bonds is 13. The highest BCUT2D eigenvalue weighted by Crippen LogP contribution is 2.32. The molecule has 0 saturated heterocycles. The number of phenolic OH excluding ortho intramolecular Hbond substituents is 2. The number of aromatic hydroxyl groups is 2. The van der Waals surface area contributed by atoms with E-state index in [-0.39, 0.29) is 23.0 Å². The molecule has 0 aliphatic carbocycles. The van der Waals surface area contributed by atoms with Crippen molar-refractivity contribution in [3.05, 3.63) is 59.2 Å². The van der Waals surface area contributed by atoms with Gasteiger partial charge in [-0.2, -0.15) is 0 Å². The fraction of sp³-hybridized carbons (Fsp3) is 0.375. The Morgan fingerprint density at radius 1 is 1.10 bits per heavy atom. The van der Waals surface area contributed by atoms with Gasteiger partial charge >= 0.3 is 0 Å². The molecular formula is C24H31NO6. The molecule has 0 amide bonds. The van der Waals surface area contributed by atoms with Gasteiger partial charge in [0.25, 0.3) is 0 Å². The Kier molecular flexibility index (Phi) is 9.87. The molecule has 168 valence electrons. The molecule has 0 radical (unpaired) electrons. The first-order chi connectivity index (χ1) is 15.0. The number of aliphatic hydroxyl groups is 1. The number of hydrogen-bond acceptors (Lipinski definition) is 7. The van der Waals surface area contributed by atoms with Gasteiger partial charge in [-0.3, -0.25) is 4.79 Å². The molecule has 0 aliphatic rings. The lowest BCUT2D eigenvalue weighted by Crippen LogP contribution is -2.12. The standard InChI is InChI=1S/C24H31NO6/c1-3-25-15-19-12-18(14-23(24(19)29)31-16-26)6-4-5-7-20(27)10-8-17-9-11-21(28)22(13-17)30-2/h5,7,9,11-14,25-26,28-29H,3-4,6,8,10,15-16H2,1-2H3. The highest BCUT2D eigenvalue weighted by atomic mass is 16.6. The van der Waals surface area contributed by atoms with E-state index in [1.54, 1.807) is 30.3 Å². The number of carbonyl (C=O) groups is 1. The molecule has 0 heterocycles. The number of benzene rings is 2. The predicted octanol–water partition coefficient (Wildman–Crippen LogP) is 3.24. The molecule has 7 heteroatoms. The number of ketones is 1. The summed E-state index contributed by atoms with van der Waals surface area (Å²) >= 11 is 0. The second-order valence-electron chi connectivity index (χ2n) is 7.07. The molecular weight excluding hydrogens is 398 g/mol. The summed E-state index contributed by atoms with van der Waals surface area (Å²) < 4.78 is 10.2. The largest absolute Gasteiger partial charge is 0.504 e. The van der Waals surface area contributed by atoms with Gasteiger partial charge in [-0.15, -0.1) is 0 Å². The van der Waals surface area contributed by atoms with Gasteiger partial charge in [0.05, 0.1) is 7.11 Å². The van der Waals surface area contributed by atoms with Crippen LogP contribution >= 0.6 is 0 Å². The zero-order chi connectivity index (χ0) is 22.6. The van der Waals surface area contributed by atoms with Crippen LogP contribution in [-0.4, -0.2) is 41.6 Å². The van der Waals surface area contributed by atoms with Gasteiger partial charge in [0.15, 0.2) is 35.6 Å². The Balaban J connectivity index is 1.89. The van der Waals surface area contributed by atoms with E-state index in [1.165, 1.54) is 7.11 Å². The number of ether oxygens (including phenoxy) is 2. The number of methoxy groups -OCH3 is 1. The lowest BCUT2D eigenvalue weighted by molar-refractivity contribution is -0.114. The lowest BCUT2D eigenvalue weighted by atomic mass is 10.0. The molecule has 2 aromatic carbocycles. The lowest BCUT2D eigenvalue weighted by Gasteiger charge is -2.13. The number of hydrogen-bond donors (Lipinski definition) is 4. The number of allylic oxidation sites excluding steroid dienone is 2. The van der Waals surface area contributed by atoms with Crippen LogP contribution < -0.4 is 14.8 Å². The van der Waals surface area contributed by atoms with Crippen molar-refractivity contribution in [3.63, 3.8) is 0 Å². The molecule has 0 aromatic heterocycles. The van der Waals surface area contributed by atoms with Crippen LogP contribution in [0.25, 0.3) is 0 Å². The number of aryl methyl sites for hydroxylation is 2. The van der Waals surface area contributed by atoms with Crippen molar-refractivity contribution < 1.29 is 29.6 Å². The monoisotopic (exact) mass is 429 g/mol. The van der Waals surface area contributed by atoms with Gasteiger partial charge in [-0.05, 0) is 61.2 Å². The van der Waals surface area contributed by atoms with Crippen LogP contribution in [0.2, 0.25) is 0 Å². The van der Waals surface area contributed by atoms with E-state index in [0.29, 0.717) is 43.5 Å². The number of nitrogens with one attached hydrogen (secondary N) is 1. The Labute approximate surface area is 182 Å². The molecule has 2 rings (SSSR count). The minimum Gasteiger partial charge on any atom is -0.504 e. The topological polar surface area (TPSA) is 108 Å². The maximum Gasteiger partial charge on any atom is 0.186 e. The molecule has 2 aromatic rings. The summed E-state index contributed by atoms with van der Waals surface area (Å²) in [4.78, 5) is 12.1. The van der Waals surface area contributed by atoms with E-state index in [4.69, 9.17) is 14.6 Å². The average Bonchev–Trinajstić information content (AvgIpc) is 2.77. The van der Waals surface area contributed by atoms with Crippen molar-refractivity contribution in [2.75, 3.05) is 20.4 Å². The molecule has 0 fully saturated rings. The molecule has 31 heavy (non-hydrogen) atoms. The van der Waals surface area contributed by atoms with Gasteiger partial charge in [-0.1, -0.05) is 25.1 Å². The smallest absolute Gasteiger partial charge is 0.186 e. The summed E-state index contributed by atoms with van der Waals surface area (Å²) in [5, 5.41) is 32.1. The second kappa shape index (κ2) is 12.6. The maximum absolute atomic E-state index is 12.1. The SMILES string of the molecule is CCNCc1cc(CCC=CC(=O)CCc2ccc(O)c(OC)c2)cc(OCO)c1O. The molecule has 0 spiro atoms. The first-order valence-electron chi connectivity index (χ1n) is 10.3.